The molecule has 1 N–H and O–H groups in total. The van der Waals surface area contributed by atoms with Gasteiger partial charge in [0.25, 0.3) is 0 Å². The van der Waals surface area contributed by atoms with E-state index in [2.05, 4.69) is 46.1 Å². The van der Waals surface area contributed by atoms with Crippen LogP contribution in [0, 0.1) is 12.8 Å². The Morgan fingerprint density at radius 1 is 1.32 bits per heavy atom. The number of urea groups is 1. The van der Waals surface area contributed by atoms with E-state index >= 15 is 0 Å². The van der Waals surface area contributed by atoms with Gasteiger partial charge in [-0.25, -0.2) is 9.78 Å². The molecule has 5 nitrogen and oxygen atoms in total. The van der Waals surface area contributed by atoms with E-state index in [9.17, 15) is 4.79 Å². The van der Waals surface area contributed by atoms with E-state index in [4.69, 9.17) is 0 Å². The quantitative estimate of drug-likeness (QED) is 0.908. The molecule has 1 aliphatic rings. The lowest BCUT2D eigenvalue weighted by atomic mass is 9.94. The van der Waals surface area contributed by atoms with Gasteiger partial charge in [-0.2, -0.15) is 0 Å². The Kier molecular flexibility index (Phi) is 5.74. The average Bonchev–Trinajstić information content (AvgIpc) is 2.96. The first kappa shape index (κ1) is 17.5. The molecule has 25 heavy (non-hydrogen) atoms. The molecule has 1 unspecified atom stereocenters. The van der Waals surface area contributed by atoms with Crippen molar-refractivity contribution in [3.8, 4) is 0 Å². The average molecular weight is 340 g/mol. The van der Waals surface area contributed by atoms with Crippen LogP contribution in [0.25, 0.3) is 0 Å². The van der Waals surface area contributed by atoms with Crippen LogP contribution in [0.3, 0.4) is 0 Å². The summed E-state index contributed by atoms with van der Waals surface area (Å²) in [5.74, 6) is 1.61. The second-order valence-electron chi connectivity index (χ2n) is 6.88. The fourth-order valence-electron chi connectivity index (χ4n) is 3.59. The number of nitrogens with zero attached hydrogens (tertiary/aromatic N) is 3. The Balaban J connectivity index is 1.67. The lowest BCUT2D eigenvalue weighted by molar-refractivity contribution is 0.165. The van der Waals surface area contributed by atoms with Crippen LogP contribution < -0.4 is 5.32 Å². The van der Waals surface area contributed by atoms with Crippen molar-refractivity contribution in [2.24, 2.45) is 5.92 Å². The van der Waals surface area contributed by atoms with E-state index in [1.807, 2.05) is 24.1 Å². The van der Waals surface area contributed by atoms with Crippen molar-refractivity contribution in [3.63, 3.8) is 0 Å². The van der Waals surface area contributed by atoms with Crippen molar-refractivity contribution >= 4 is 6.03 Å². The Labute approximate surface area is 150 Å². The number of benzene rings is 1. The highest BCUT2D eigenvalue weighted by Gasteiger charge is 2.25. The molecule has 134 valence electrons. The zero-order chi connectivity index (χ0) is 17.6. The fourth-order valence-corrected chi connectivity index (χ4v) is 3.59. The molecular weight excluding hydrogens is 312 g/mol. The highest BCUT2D eigenvalue weighted by molar-refractivity contribution is 5.74. The number of piperidine rings is 1. The van der Waals surface area contributed by atoms with Crippen LogP contribution in [0.15, 0.2) is 36.5 Å². The van der Waals surface area contributed by atoms with Crippen LogP contribution in [0.1, 0.15) is 36.8 Å². The highest BCUT2D eigenvalue weighted by Crippen LogP contribution is 2.21. The maximum Gasteiger partial charge on any atom is 0.317 e. The lowest BCUT2D eigenvalue weighted by Crippen LogP contribution is -2.45. The maximum absolute atomic E-state index is 12.1. The summed E-state index contributed by atoms with van der Waals surface area (Å²) in [6.07, 6.45) is 5.12. The molecule has 5 heteroatoms. The minimum Gasteiger partial charge on any atom is -0.338 e. The molecule has 1 aliphatic heterocycles. The first-order valence-corrected chi connectivity index (χ1v) is 9.25. The third kappa shape index (κ3) is 4.41. The van der Waals surface area contributed by atoms with Crippen LogP contribution in [0.2, 0.25) is 0 Å². The van der Waals surface area contributed by atoms with E-state index in [1.165, 1.54) is 11.3 Å². The summed E-state index contributed by atoms with van der Waals surface area (Å²) < 4.78 is 2.31. The monoisotopic (exact) mass is 340 g/mol. The molecule has 1 atom stereocenters. The number of carbonyl (C=O) groups is 1. The zero-order valence-electron chi connectivity index (χ0n) is 15.2. The number of amides is 2. The van der Waals surface area contributed by atoms with Gasteiger partial charge < -0.3 is 14.8 Å². The third-order valence-electron chi connectivity index (χ3n) is 4.93. The minimum atomic E-state index is 0.0657. The standard InChI is InChI=1S/C20H28N4O/c1-3-21-20(25)23-11-7-10-18(14-23)12-19-22-13-16(2)24(19)15-17-8-5-4-6-9-17/h4-6,8-9,13,18H,3,7,10-12,14-15H2,1-2H3,(H,21,25). The molecule has 2 aromatic rings. The van der Waals surface area contributed by atoms with Gasteiger partial charge in [0.15, 0.2) is 0 Å². The van der Waals surface area contributed by atoms with Crippen molar-refractivity contribution in [2.75, 3.05) is 19.6 Å². The zero-order valence-corrected chi connectivity index (χ0v) is 15.2. The number of imidazole rings is 1. The first-order valence-electron chi connectivity index (χ1n) is 9.25. The largest absolute Gasteiger partial charge is 0.338 e. The molecule has 0 bridgehead atoms. The van der Waals surface area contributed by atoms with Crippen molar-refractivity contribution in [2.45, 2.75) is 39.7 Å². The van der Waals surface area contributed by atoms with Gasteiger partial charge >= 0.3 is 6.03 Å². The highest BCUT2D eigenvalue weighted by atomic mass is 16.2. The van der Waals surface area contributed by atoms with Gasteiger partial charge in [0.05, 0.1) is 0 Å². The molecule has 1 aromatic heterocycles. The summed E-state index contributed by atoms with van der Waals surface area (Å²) >= 11 is 0. The van der Waals surface area contributed by atoms with Crippen LogP contribution in [-0.4, -0.2) is 40.1 Å². The molecule has 0 spiro atoms. The molecule has 0 aliphatic carbocycles. The van der Waals surface area contributed by atoms with Gasteiger partial charge in [-0.15, -0.1) is 0 Å². The van der Waals surface area contributed by atoms with Gasteiger partial charge in [0.1, 0.15) is 5.82 Å². The van der Waals surface area contributed by atoms with Crippen molar-refractivity contribution in [1.29, 1.82) is 0 Å². The number of aromatic nitrogens is 2. The number of nitrogens with one attached hydrogen (secondary N) is 1. The van der Waals surface area contributed by atoms with Crippen LogP contribution >= 0.6 is 0 Å². The number of rotatable bonds is 5. The topological polar surface area (TPSA) is 50.2 Å². The number of likely N-dealkylation sites (tertiary alicyclic amines) is 1. The van der Waals surface area contributed by atoms with Gasteiger partial charge in [-0.1, -0.05) is 30.3 Å². The van der Waals surface area contributed by atoms with E-state index in [0.29, 0.717) is 12.5 Å². The maximum atomic E-state index is 12.1. The minimum absolute atomic E-state index is 0.0657. The summed E-state index contributed by atoms with van der Waals surface area (Å²) in [7, 11) is 0. The van der Waals surface area contributed by atoms with Crippen LogP contribution in [0.4, 0.5) is 4.79 Å². The Hall–Kier alpha value is -2.30. The lowest BCUT2D eigenvalue weighted by Gasteiger charge is -2.32. The predicted octanol–water partition coefficient (Wildman–Crippen LogP) is 3.22. The van der Waals surface area contributed by atoms with Crippen molar-refractivity contribution in [1.82, 2.24) is 19.8 Å². The molecule has 0 radical (unpaired) electrons. The van der Waals surface area contributed by atoms with E-state index in [1.54, 1.807) is 0 Å². The van der Waals surface area contributed by atoms with Crippen molar-refractivity contribution in [3.05, 3.63) is 53.6 Å². The molecule has 1 saturated heterocycles. The van der Waals surface area contributed by atoms with Gasteiger partial charge in [-0.05, 0) is 38.2 Å². The summed E-state index contributed by atoms with van der Waals surface area (Å²) in [4.78, 5) is 18.7. The molecule has 1 aromatic carbocycles. The fraction of sp³-hybridized carbons (Fsp3) is 0.500. The van der Waals surface area contributed by atoms with E-state index in [0.717, 1.165) is 44.7 Å². The number of hydrogen-bond acceptors (Lipinski definition) is 2. The molecular formula is C20H28N4O. The van der Waals surface area contributed by atoms with Crippen LogP contribution in [0.5, 0.6) is 0 Å². The number of carbonyl (C=O) groups excluding carboxylic acids is 1. The molecule has 2 amide bonds. The second-order valence-corrected chi connectivity index (χ2v) is 6.88. The van der Waals surface area contributed by atoms with Gasteiger partial charge in [0, 0.05) is 44.5 Å². The molecule has 3 rings (SSSR count). The summed E-state index contributed by atoms with van der Waals surface area (Å²) in [5, 5.41) is 2.91. The van der Waals surface area contributed by atoms with Crippen molar-refractivity contribution < 1.29 is 4.79 Å². The first-order chi connectivity index (χ1) is 12.2. The van der Waals surface area contributed by atoms with Gasteiger partial charge in [-0.3, -0.25) is 0 Å². The SMILES string of the molecule is CCNC(=O)N1CCCC(Cc2ncc(C)n2Cc2ccccc2)C1. The molecule has 0 saturated carbocycles. The van der Waals surface area contributed by atoms with Crippen LogP contribution in [-0.2, 0) is 13.0 Å². The normalized spacial score (nSPS) is 17.5. The van der Waals surface area contributed by atoms with E-state index in [-0.39, 0.29) is 6.03 Å². The Bertz CT molecular complexity index is 695. The predicted molar refractivity (Wildman–Crippen MR) is 99.6 cm³/mol. The third-order valence-corrected chi connectivity index (χ3v) is 4.93. The smallest absolute Gasteiger partial charge is 0.317 e. The number of aryl methyl sites for hydroxylation is 1. The molecule has 1 fully saturated rings. The van der Waals surface area contributed by atoms with E-state index < -0.39 is 0 Å². The summed E-state index contributed by atoms with van der Waals surface area (Å²) in [6, 6.07) is 10.6. The molecule has 2 heterocycles. The second kappa shape index (κ2) is 8.19. The Morgan fingerprint density at radius 3 is 2.88 bits per heavy atom. The Morgan fingerprint density at radius 2 is 2.12 bits per heavy atom. The summed E-state index contributed by atoms with van der Waals surface area (Å²) in [5.41, 5.74) is 2.48. The summed E-state index contributed by atoms with van der Waals surface area (Å²) in [6.45, 7) is 7.29. The van der Waals surface area contributed by atoms with Gasteiger partial charge in [0.2, 0.25) is 0 Å². The number of hydrogen-bond donors (Lipinski definition) is 1.